The molecule has 0 saturated carbocycles. The molecular weight excluding hydrogens is 829 g/mol. The van der Waals surface area contributed by atoms with Crippen molar-refractivity contribution in [1.29, 1.82) is 0 Å². The number of fused-ring (bicyclic) bond motifs is 12. The van der Waals surface area contributed by atoms with E-state index in [4.69, 9.17) is 11.6 Å². The van der Waals surface area contributed by atoms with E-state index in [1.165, 1.54) is 21.5 Å². The highest BCUT2D eigenvalue weighted by molar-refractivity contribution is 6.15. The fourth-order valence-corrected chi connectivity index (χ4v) is 11.4. The summed E-state index contributed by atoms with van der Waals surface area (Å²) in [6.45, 7) is 12.9. The molecule has 14 rings (SSSR count). The molecule has 0 aliphatic heterocycles. The molecule has 68 heavy (non-hydrogen) atoms. The number of pyridine rings is 1. The van der Waals surface area contributed by atoms with Crippen LogP contribution in [0.4, 0.5) is 5.69 Å². The van der Waals surface area contributed by atoms with Crippen molar-refractivity contribution in [3.63, 3.8) is 0 Å². The summed E-state index contributed by atoms with van der Waals surface area (Å²) < 4.78 is 9.62. The van der Waals surface area contributed by atoms with Crippen LogP contribution in [0.3, 0.4) is 0 Å². The van der Waals surface area contributed by atoms with Crippen LogP contribution in [0, 0.1) is 20.4 Å². The Morgan fingerprint density at radius 3 is 1.03 bits per heavy atom. The van der Waals surface area contributed by atoms with Crippen molar-refractivity contribution in [3.05, 3.63) is 229 Å². The molecule has 0 aliphatic carbocycles. The van der Waals surface area contributed by atoms with Crippen LogP contribution in [0.2, 0.25) is 0 Å². The van der Waals surface area contributed by atoms with E-state index < -0.39 is 0 Å². The van der Waals surface area contributed by atoms with Gasteiger partial charge in [0.15, 0.2) is 5.69 Å². The van der Waals surface area contributed by atoms with Crippen molar-refractivity contribution < 1.29 is 0 Å². The molecule has 9 aromatic carbocycles. The summed E-state index contributed by atoms with van der Waals surface area (Å²) in [5.74, 6) is 0. The molecule has 0 amide bonds. The van der Waals surface area contributed by atoms with Crippen LogP contribution in [-0.4, -0.2) is 23.3 Å². The molecule has 0 bridgehead atoms. The van der Waals surface area contributed by atoms with Gasteiger partial charge >= 0.3 is 0 Å². The molecule has 14 aromatic rings. The normalized spacial score (nSPS) is 12.0. The number of hydrogen-bond acceptors (Lipinski definition) is 1. The van der Waals surface area contributed by atoms with Crippen molar-refractivity contribution in [2.24, 2.45) is 0 Å². The van der Waals surface area contributed by atoms with Gasteiger partial charge in [0.25, 0.3) is 0 Å². The van der Waals surface area contributed by atoms with Crippen LogP contribution < -0.4 is 0 Å². The average molecular weight is 869 g/mol. The van der Waals surface area contributed by atoms with Gasteiger partial charge in [-0.05, 0) is 110 Å². The van der Waals surface area contributed by atoms with Crippen LogP contribution in [0.1, 0.15) is 11.4 Å². The lowest BCUT2D eigenvalue weighted by Gasteiger charge is -2.20. The molecule has 0 fully saturated rings. The van der Waals surface area contributed by atoms with Crippen LogP contribution in [0.5, 0.6) is 0 Å². The predicted molar refractivity (Wildman–Crippen MR) is 283 cm³/mol. The Morgan fingerprint density at radius 2 is 0.662 bits per heavy atom. The number of rotatable bonds is 5. The van der Waals surface area contributed by atoms with Gasteiger partial charge in [0.05, 0.1) is 62.1 Å². The molecule has 6 nitrogen and oxygen atoms in total. The van der Waals surface area contributed by atoms with Gasteiger partial charge in [0.2, 0.25) is 0 Å². The molecule has 0 aliphatic rings. The molecule has 6 heteroatoms. The summed E-state index contributed by atoms with van der Waals surface area (Å²) in [4.78, 5) is 9.06. The molecule has 0 atom stereocenters. The van der Waals surface area contributed by atoms with E-state index in [0.29, 0.717) is 5.69 Å². The third-order valence-corrected chi connectivity index (χ3v) is 14.1. The Balaban J connectivity index is 1.12. The minimum atomic E-state index is 0.574. The van der Waals surface area contributed by atoms with E-state index >= 15 is 0 Å². The highest BCUT2D eigenvalue weighted by atomic mass is 15.1. The zero-order chi connectivity index (χ0) is 45.2. The third kappa shape index (κ3) is 5.41. The first-order valence-corrected chi connectivity index (χ1v) is 23.1. The lowest BCUT2D eigenvalue weighted by molar-refractivity contribution is 1.09. The van der Waals surface area contributed by atoms with Gasteiger partial charge in [-0.25, -0.2) is 4.85 Å². The molecule has 5 aromatic heterocycles. The molecular formula is C62H40N6. The van der Waals surface area contributed by atoms with Gasteiger partial charge in [0, 0.05) is 65.9 Å². The second kappa shape index (κ2) is 14.4. The molecule has 0 unspecified atom stereocenters. The largest absolute Gasteiger partial charge is 0.309 e. The summed E-state index contributed by atoms with van der Waals surface area (Å²) in [6.07, 6.45) is 0. The lowest BCUT2D eigenvalue weighted by atomic mass is 10.0. The Kier molecular flexibility index (Phi) is 8.08. The lowest BCUT2D eigenvalue weighted by Crippen LogP contribution is -2.05. The van der Waals surface area contributed by atoms with E-state index in [-0.39, 0.29) is 0 Å². The van der Waals surface area contributed by atoms with Gasteiger partial charge in [-0.15, -0.1) is 0 Å². The van der Waals surface area contributed by atoms with E-state index in [2.05, 4.69) is 229 Å². The second-order valence-corrected chi connectivity index (χ2v) is 18.0. The maximum absolute atomic E-state index is 8.81. The van der Waals surface area contributed by atoms with E-state index in [9.17, 15) is 0 Å². The smallest absolute Gasteiger partial charge is 0.197 e. The fourth-order valence-electron chi connectivity index (χ4n) is 11.4. The highest BCUT2D eigenvalue weighted by Crippen LogP contribution is 2.45. The molecule has 318 valence electrons. The number of benzene rings is 9. The van der Waals surface area contributed by atoms with E-state index in [1.807, 2.05) is 13.8 Å². The van der Waals surface area contributed by atoms with E-state index in [0.717, 1.165) is 111 Å². The first-order chi connectivity index (χ1) is 33.5. The summed E-state index contributed by atoms with van der Waals surface area (Å²) in [7, 11) is 0. The Hall–Kier alpha value is -9.18. The Bertz CT molecular complexity index is 4360. The third-order valence-electron chi connectivity index (χ3n) is 14.1. The van der Waals surface area contributed by atoms with Crippen molar-refractivity contribution in [2.45, 2.75) is 13.8 Å². The molecule has 0 spiro atoms. The zero-order valence-electron chi connectivity index (χ0n) is 37.3. The number of nitrogens with zero attached hydrogens (tertiary/aromatic N) is 6. The monoisotopic (exact) mass is 868 g/mol. The molecule has 5 heterocycles. The van der Waals surface area contributed by atoms with Crippen molar-refractivity contribution in [1.82, 2.24) is 23.3 Å². The van der Waals surface area contributed by atoms with Gasteiger partial charge in [-0.1, -0.05) is 121 Å². The van der Waals surface area contributed by atoms with E-state index in [1.54, 1.807) is 0 Å². The van der Waals surface area contributed by atoms with Crippen LogP contribution in [0.15, 0.2) is 206 Å². The fraction of sp³-hybridized carbons (Fsp3) is 0.0323. The summed E-state index contributed by atoms with van der Waals surface area (Å²) >= 11 is 0. The SMILES string of the molecule is [C-]#[N+]c1cc(-n2c3ccccc3c3ccc(-n4c5ccccc5c5ccccc54)cc32)c(-n2c3ccccc3c3ccc(-n4c5ccccc5c5ccccc54)cc32)cc1-c1cc(C)nc(C)c1. The number of hydrogen-bond donors (Lipinski definition) is 0. The van der Waals surface area contributed by atoms with Gasteiger partial charge in [0.1, 0.15) is 0 Å². The van der Waals surface area contributed by atoms with Crippen LogP contribution in [0.25, 0.3) is 126 Å². The summed E-state index contributed by atoms with van der Waals surface area (Å²) in [6, 6.07) is 74.5. The Labute approximate surface area is 391 Å². The number of aromatic nitrogens is 5. The maximum atomic E-state index is 8.81. The summed E-state index contributed by atoms with van der Waals surface area (Å²) in [5, 5.41) is 9.48. The van der Waals surface area contributed by atoms with Gasteiger partial charge in [-0.3, -0.25) is 4.98 Å². The average Bonchev–Trinajstić information content (AvgIpc) is 4.10. The van der Waals surface area contributed by atoms with Gasteiger partial charge in [-0.2, -0.15) is 0 Å². The zero-order valence-corrected chi connectivity index (χ0v) is 37.3. The van der Waals surface area contributed by atoms with Crippen molar-refractivity contribution in [2.75, 3.05) is 0 Å². The Morgan fingerprint density at radius 1 is 0.338 bits per heavy atom. The number of para-hydroxylation sites is 6. The first-order valence-electron chi connectivity index (χ1n) is 23.1. The topological polar surface area (TPSA) is 37.0 Å². The predicted octanol–water partition coefficient (Wildman–Crippen LogP) is 16.3. The van der Waals surface area contributed by atoms with Crippen molar-refractivity contribution in [3.8, 4) is 33.9 Å². The molecule has 0 radical (unpaired) electrons. The first kappa shape index (κ1) is 38.1. The van der Waals surface area contributed by atoms with Crippen LogP contribution >= 0.6 is 0 Å². The molecule has 0 saturated heterocycles. The second-order valence-electron chi connectivity index (χ2n) is 18.0. The minimum absolute atomic E-state index is 0.574. The van der Waals surface area contributed by atoms with Crippen molar-refractivity contribution >= 4 is 92.9 Å². The quantitative estimate of drug-likeness (QED) is 0.159. The molecule has 0 N–H and O–H groups in total. The summed E-state index contributed by atoms with van der Waals surface area (Å²) in [5.41, 5.74) is 17.2. The highest BCUT2D eigenvalue weighted by Gasteiger charge is 2.24. The minimum Gasteiger partial charge on any atom is -0.309 e. The maximum Gasteiger partial charge on any atom is 0.197 e. The standard InChI is InChI=1S/C62H40N6/c1-38-32-40(33-39(2)64-38)51-36-61(67-57-26-14-8-20-47(57)49-30-28-41(34-59(49)67)65-53-22-10-4-16-43(53)44-17-5-11-23-54(44)65)62(37-52(51)63-3)68-58-27-15-9-21-48(58)50-31-29-42(35-60(50)68)66-55-24-12-6-18-45(55)46-19-7-13-25-56(46)66/h4-37H,1-2H3. The number of aryl methyl sites for hydroxylation is 2. The van der Waals surface area contributed by atoms with Crippen LogP contribution in [-0.2, 0) is 0 Å². The van der Waals surface area contributed by atoms with Gasteiger partial charge < -0.3 is 18.3 Å².